The van der Waals surface area contributed by atoms with Crippen LogP contribution in [0.1, 0.15) is 19.8 Å². The first-order valence-corrected chi connectivity index (χ1v) is 4.92. The summed E-state index contributed by atoms with van der Waals surface area (Å²) in [6, 6.07) is 10.1. The number of ether oxygens (including phenoxy) is 1. The van der Waals surface area contributed by atoms with Crippen molar-refractivity contribution in [3.8, 4) is 0 Å². The average molecular weight is 191 g/mol. The number of benzene rings is 1. The first-order chi connectivity index (χ1) is 7.25. The molecule has 2 heteroatoms. The highest BCUT2D eigenvalue weighted by Gasteiger charge is 2.25. The van der Waals surface area contributed by atoms with Crippen molar-refractivity contribution in [1.82, 2.24) is 0 Å². The summed E-state index contributed by atoms with van der Waals surface area (Å²) >= 11 is 0. The van der Waals surface area contributed by atoms with Gasteiger partial charge in [-0.1, -0.05) is 30.3 Å². The fourth-order valence-electron chi connectivity index (χ4n) is 1.66. The van der Waals surface area contributed by atoms with Gasteiger partial charge in [0.2, 0.25) is 0 Å². The van der Waals surface area contributed by atoms with Gasteiger partial charge in [0.1, 0.15) is 0 Å². The van der Waals surface area contributed by atoms with E-state index >= 15 is 0 Å². The molecule has 0 amide bonds. The van der Waals surface area contributed by atoms with Gasteiger partial charge in [0.05, 0.1) is 13.9 Å². The van der Waals surface area contributed by atoms with Crippen molar-refractivity contribution in [1.29, 1.82) is 0 Å². The largest absolute Gasteiger partial charge is 0.465 e. The molecule has 0 bridgehead atoms. The maximum absolute atomic E-state index is 11.3. The van der Waals surface area contributed by atoms with E-state index in [0.717, 1.165) is 12.8 Å². The number of esters is 1. The van der Waals surface area contributed by atoms with Crippen LogP contribution < -0.4 is 0 Å². The smallest absolute Gasteiger partial charge is 0.309 e. The maximum atomic E-state index is 11.3. The third kappa shape index (κ3) is 2.13. The Morgan fingerprint density at radius 1 is 1.43 bits per heavy atom. The highest BCUT2D eigenvalue weighted by atomic mass is 16.5. The Morgan fingerprint density at radius 3 is 2.86 bits per heavy atom. The first-order valence-electron chi connectivity index (χ1n) is 5.50. The normalized spacial score (nSPS) is 27.1. The SMILES string of the molecule is [2H][C@H]1C[C@@H](CCc2ccccc2)C(=O)O1. The zero-order valence-corrected chi connectivity index (χ0v) is 7.98. The van der Waals surface area contributed by atoms with E-state index in [1.165, 1.54) is 5.56 Å². The molecule has 2 rings (SSSR count). The number of aryl methyl sites for hydroxylation is 1. The fourth-order valence-corrected chi connectivity index (χ4v) is 1.66. The molecule has 74 valence electrons. The molecular formula is C12H14O2. The van der Waals surface area contributed by atoms with Gasteiger partial charge in [-0.3, -0.25) is 4.79 Å². The van der Waals surface area contributed by atoms with Crippen LogP contribution in [0.4, 0.5) is 0 Å². The van der Waals surface area contributed by atoms with Crippen molar-refractivity contribution in [2.75, 3.05) is 6.58 Å². The van der Waals surface area contributed by atoms with Gasteiger partial charge in [-0.15, -0.1) is 0 Å². The lowest BCUT2D eigenvalue weighted by Gasteiger charge is -2.04. The van der Waals surface area contributed by atoms with Gasteiger partial charge in [-0.05, 0) is 24.8 Å². The molecule has 0 spiro atoms. The van der Waals surface area contributed by atoms with E-state index < -0.39 is 6.58 Å². The van der Waals surface area contributed by atoms with Crippen molar-refractivity contribution in [3.05, 3.63) is 35.9 Å². The first kappa shape index (κ1) is 8.04. The van der Waals surface area contributed by atoms with Crippen LogP contribution in [0.2, 0.25) is 0 Å². The summed E-state index contributed by atoms with van der Waals surface area (Å²) in [7, 11) is 0. The zero-order valence-electron chi connectivity index (χ0n) is 8.98. The van der Waals surface area contributed by atoms with Crippen LogP contribution in [-0.4, -0.2) is 12.6 Å². The number of carbonyl (C=O) groups excluding carboxylic acids is 1. The molecule has 1 aliphatic heterocycles. The van der Waals surface area contributed by atoms with E-state index in [2.05, 4.69) is 12.1 Å². The van der Waals surface area contributed by atoms with E-state index in [-0.39, 0.29) is 11.9 Å². The molecule has 0 N–H and O–H groups in total. The minimum Gasteiger partial charge on any atom is -0.465 e. The Kier molecular flexibility index (Phi) is 2.45. The molecule has 0 radical (unpaired) electrons. The van der Waals surface area contributed by atoms with E-state index in [1.807, 2.05) is 18.2 Å². The second-order valence-corrected chi connectivity index (χ2v) is 3.56. The third-order valence-corrected chi connectivity index (χ3v) is 2.54. The van der Waals surface area contributed by atoms with E-state index in [4.69, 9.17) is 6.11 Å². The lowest BCUT2D eigenvalue weighted by molar-refractivity contribution is -0.141. The second kappa shape index (κ2) is 4.27. The van der Waals surface area contributed by atoms with Gasteiger partial charge < -0.3 is 4.74 Å². The number of rotatable bonds is 3. The molecule has 1 heterocycles. The maximum Gasteiger partial charge on any atom is 0.309 e. The average Bonchev–Trinajstić information content (AvgIpc) is 2.56. The van der Waals surface area contributed by atoms with Gasteiger partial charge in [-0.2, -0.15) is 0 Å². The minimum absolute atomic E-state index is 0.0762. The highest BCUT2D eigenvalue weighted by Crippen LogP contribution is 2.20. The molecule has 1 aliphatic rings. The van der Waals surface area contributed by atoms with Gasteiger partial charge in [0, 0.05) is 0 Å². The van der Waals surface area contributed by atoms with E-state index in [1.54, 1.807) is 0 Å². The summed E-state index contributed by atoms with van der Waals surface area (Å²) in [5.41, 5.74) is 1.23. The van der Waals surface area contributed by atoms with Crippen LogP contribution >= 0.6 is 0 Å². The Balaban J connectivity index is 1.86. The zero-order chi connectivity index (χ0) is 10.7. The van der Waals surface area contributed by atoms with Gasteiger partial charge >= 0.3 is 5.97 Å². The van der Waals surface area contributed by atoms with Gasteiger partial charge in [0.15, 0.2) is 0 Å². The lowest BCUT2D eigenvalue weighted by atomic mass is 9.98. The van der Waals surface area contributed by atoms with Gasteiger partial charge in [-0.25, -0.2) is 0 Å². The lowest BCUT2D eigenvalue weighted by Crippen LogP contribution is -2.08. The van der Waals surface area contributed by atoms with Crippen LogP contribution in [0.5, 0.6) is 0 Å². The second-order valence-electron chi connectivity index (χ2n) is 3.56. The Labute approximate surface area is 85.3 Å². The van der Waals surface area contributed by atoms with Crippen LogP contribution in [0.25, 0.3) is 0 Å². The van der Waals surface area contributed by atoms with E-state index in [0.29, 0.717) is 6.42 Å². The fraction of sp³-hybridized carbons (Fsp3) is 0.417. The van der Waals surface area contributed by atoms with E-state index in [9.17, 15) is 4.79 Å². The predicted octanol–water partition coefficient (Wildman–Crippen LogP) is 2.18. The Bertz CT molecular complexity index is 337. The molecule has 1 saturated heterocycles. The van der Waals surface area contributed by atoms with Crippen LogP contribution in [0.15, 0.2) is 30.3 Å². The summed E-state index contributed by atoms with van der Waals surface area (Å²) < 4.78 is 12.1. The number of hydrogen-bond donors (Lipinski definition) is 0. The molecule has 1 aromatic rings. The molecular weight excluding hydrogens is 176 g/mol. The molecule has 1 aromatic carbocycles. The van der Waals surface area contributed by atoms with Crippen molar-refractivity contribution in [2.24, 2.45) is 5.92 Å². The Hall–Kier alpha value is -1.31. The molecule has 2 atom stereocenters. The molecule has 14 heavy (non-hydrogen) atoms. The summed E-state index contributed by atoms with van der Waals surface area (Å²) in [5, 5.41) is 0. The monoisotopic (exact) mass is 191 g/mol. The van der Waals surface area contributed by atoms with Gasteiger partial charge in [0.25, 0.3) is 0 Å². The summed E-state index contributed by atoms with van der Waals surface area (Å²) in [4.78, 5) is 11.3. The molecule has 0 aromatic heterocycles. The Morgan fingerprint density at radius 2 is 2.21 bits per heavy atom. The molecule has 0 aliphatic carbocycles. The van der Waals surface area contributed by atoms with Crippen LogP contribution in [0.3, 0.4) is 0 Å². The van der Waals surface area contributed by atoms with Crippen LogP contribution in [0, 0.1) is 5.92 Å². The highest BCUT2D eigenvalue weighted by molar-refractivity contribution is 5.74. The summed E-state index contributed by atoms with van der Waals surface area (Å²) in [6.07, 6.45) is 2.22. The molecule has 0 unspecified atom stereocenters. The predicted molar refractivity (Wildman–Crippen MR) is 53.8 cm³/mol. The minimum atomic E-state index is -0.640. The molecule has 2 nitrogen and oxygen atoms in total. The van der Waals surface area contributed by atoms with Crippen molar-refractivity contribution < 1.29 is 10.9 Å². The number of hydrogen-bond acceptors (Lipinski definition) is 2. The summed E-state index contributed by atoms with van der Waals surface area (Å²) in [5.74, 6) is -0.279. The van der Waals surface area contributed by atoms with Crippen LogP contribution in [-0.2, 0) is 16.0 Å². The molecule has 0 saturated carbocycles. The summed E-state index contributed by atoms with van der Waals surface area (Å²) in [6.45, 7) is -0.640. The number of cyclic esters (lactones) is 1. The quantitative estimate of drug-likeness (QED) is 0.684. The standard InChI is InChI=1S/C12H14O2/c13-12-11(8-9-14-12)7-6-10-4-2-1-3-5-10/h1-5,11H,6-9H2/t11-/m1/s1/i9D/t9-,11+/m0. The van der Waals surface area contributed by atoms with Crippen molar-refractivity contribution in [3.63, 3.8) is 0 Å². The number of carbonyl (C=O) groups is 1. The topological polar surface area (TPSA) is 26.3 Å². The van der Waals surface area contributed by atoms with Crippen molar-refractivity contribution in [2.45, 2.75) is 19.3 Å². The molecule has 1 fully saturated rings. The van der Waals surface area contributed by atoms with Crippen molar-refractivity contribution >= 4 is 5.97 Å². The third-order valence-electron chi connectivity index (χ3n) is 2.54.